The highest BCUT2D eigenvalue weighted by molar-refractivity contribution is 6.76. The van der Waals surface area contributed by atoms with Crippen molar-refractivity contribution in [2.24, 2.45) is 0 Å². The molecule has 0 unspecified atom stereocenters. The summed E-state index contributed by atoms with van der Waals surface area (Å²) in [5.41, 5.74) is 0. The fourth-order valence-electron chi connectivity index (χ4n) is 1.60. The molecule has 0 aliphatic carbocycles. The Morgan fingerprint density at radius 1 is 1.17 bits per heavy atom. The van der Waals surface area contributed by atoms with Crippen LogP contribution in [0.3, 0.4) is 0 Å². The van der Waals surface area contributed by atoms with Gasteiger partial charge in [0.25, 0.3) is 0 Å². The monoisotopic (exact) mass is 274 g/mol. The zero-order chi connectivity index (χ0) is 13.9. The predicted octanol–water partition coefficient (Wildman–Crippen LogP) is -0.218. The fraction of sp³-hybridized carbons (Fsp3) is 0.833. The fourth-order valence-corrected chi connectivity index (χ4v) is 2.33. The second-order valence-corrected chi connectivity index (χ2v) is 11.4. The Bertz CT molecular complexity index is 309. The molecule has 6 heteroatoms. The minimum absolute atomic E-state index is 0.442. The minimum atomic E-state index is -1.35. The van der Waals surface area contributed by atoms with Crippen LogP contribution in [0.15, 0.2) is 0 Å². The third kappa shape index (κ3) is 4.05. The first-order valence-corrected chi connectivity index (χ1v) is 9.74. The molecule has 1 saturated heterocycles. The van der Waals surface area contributed by atoms with Gasteiger partial charge in [-0.3, -0.25) is 0 Å². The molecule has 1 aliphatic rings. The summed E-state index contributed by atoms with van der Waals surface area (Å²) in [5, 5.41) is 28.9. The normalized spacial score (nSPS) is 37.3. The van der Waals surface area contributed by atoms with E-state index in [4.69, 9.17) is 15.9 Å². The van der Waals surface area contributed by atoms with Crippen molar-refractivity contribution in [2.75, 3.05) is 6.61 Å². The average molecular weight is 274 g/mol. The van der Waals surface area contributed by atoms with Crippen molar-refractivity contribution in [1.29, 1.82) is 0 Å². The highest BCUT2D eigenvalue weighted by atomic mass is 28.3. The lowest BCUT2D eigenvalue weighted by molar-refractivity contribution is -0.284. The molecular weight excluding hydrogens is 252 g/mol. The largest absolute Gasteiger partial charge is 0.387 e. The van der Waals surface area contributed by atoms with E-state index >= 15 is 0 Å². The molecule has 1 aliphatic heterocycles. The van der Waals surface area contributed by atoms with Crippen molar-refractivity contribution in [3.63, 3.8) is 0 Å². The molecule has 0 aromatic rings. The van der Waals surface area contributed by atoms with E-state index in [2.05, 4.69) is 25.6 Å². The third-order valence-electron chi connectivity index (χ3n) is 2.87. The molecule has 0 aromatic heterocycles. The Morgan fingerprint density at radius 3 is 2.28 bits per heavy atom. The average Bonchev–Trinajstić information content (AvgIpc) is 2.27. The summed E-state index contributed by atoms with van der Waals surface area (Å²) < 4.78 is 10.7. The molecule has 0 spiro atoms. The summed E-state index contributed by atoms with van der Waals surface area (Å²) in [6.07, 6.45) is -0.685. The lowest BCUT2D eigenvalue weighted by Gasteiger charge is -2.38. The molecule has 0 saturated carbocycles. The zero-order valence-electron chi connectivity index (χ0n) is 11.0. The highest BCUT2D eigenvalue weighted by Gasteiger charge is 2.43. The van der Waals surface area contributed by atoms with Crippen molar-refractivity contribution in [1.82, 2.24) is 0 Å². The summed E-state index contributed by atoms with van der Waals surface area (Å²) in [4.78, 5) is 0. The molecule has 1 rings (SSSR count). The summed E-state index contributed by atoms with van der Waals surface area (Å²) in [6.45, 7) is 7.06. The summed E-state index contributed by atoms with van der Waals surface area (Å²) >= 11 is 0. The van der Waals surface area contributed by atoms with Gasteiger partial charge in [0.05, 0.1) is 0 Å². The second-order valence-electron chi connectivity index (χ2n) is 5.74. The van der Waals surface area contributed by atoms with Crippen LogP contribution in [-0.2, 0) is 9.47 Å². The standard InChI is InChI=1S/C12H22O5Si/c1-5-8-9(13)10(14)11(15)12(17-8)16-6-7-18(2,3)4/h1,8-15H,6-7H2,2-4H3/t8-,9-,10+,11+,12-/m1/s1. The third-order valence-corrected chi connectivity index (χ3v) is 4.57. The van der Waals surface area contributed by atoms with Gasteiger partial charge in [-0.1, -0.05) is 25.6 Å². The number of aliphatic hydroxyl groups is 3. The number of terminal acetylenes is 1. The van der Waals surface area contributed by atoms with Gasteiger partial charge in [0.2, 0.25) is 0 Å². The van der Waals surface area contributed by atoms with Crippen molar-refractivity contribution in [3.05, 3.63) is 0 Å². The molecule has 3 N–H and O–H groups in total. The van der Waals surface area contributed by atoms with Crippen molar-refractivity contribution in [2.45, 2.75) is 56.4 Å². The number of hydrogen-bond donors (Lipinski definition) is 3. The molecule has 1 heterocycles. The number of rotatable bonds is 4. The lowest BCUT2D eigenvalue weighted by atomic mass is 9.99. The molecule has 0 aromatic carbocycles. The molecule has 0 radical (unpaired) electrons. The summed E-state index contributed by atoms with van der Waals surface area (Å²) in [6, 6.07) is 0.916. The molecular formula is C12H22O5Si. The van der Waals surface area contributed by atoms with E-state index in [-0.39, 0.29) is 0 Å². The van der Waals surface area contributed by atoms with Gasteiger partial charge in [-0.15, -0.1) is 6.42 Å². The Labute approximate surface area is 109 Å². The van der Waals surface area contributed by atoms with Crippen molar-refractivity contribution < 1.29 is 24.8 Å². The summed E-state index contributed by atoms with van der Waals surface area (Å²) in [7, 11) is -1.23. The second kappa shape index (κ2) is 6.15. The van der Waals surface area contributed by atoms with Gasteiger partial charge in [0, 0.05) is 14.7 Å². The van der Waals surface area contributed by atoms with Gasteiger partial charge in [-0.2, -0.15) is 0 Å². The van der Waals surface area contributed by atoms with Gasteiger partial charge >= 0.3 is 0 Å². The van der Waals surface area contributed by atoms with Crippen LogP contribution in [0.1, 0.15) is 0 Å². The first-order chi connectivity index (χ1) is 8.26. The van der Waals surface area contributed by atoms with Crippen LogP contribution in [0.2, 0.25) is 25.7 Å². The first kappa shape index (κ1) is 15.6. The molecule has 5 atom stereocenters. The number of hydrogen-bond acceptors (Lipinski definition) is 5. The van der Waals surface area contributed by atoms with E-state index in [1.165, 1.54) is 0 Å². The quantitative estimate of drug-likeness (QED) is 0.488. The molecule has 0 amide bonds. The summed E-state index contributed by atoms with van der Waals surface area (Å²) in [5.74, 6) is 2.23. The Kier molecular flexibility index (Phi) is 5.34. The van der Waals surface area contributed by atoms with Gasteiger partial charge in [-0.05, 0) is 6.04 Å². The van der Waals surface area contributed by atoms with Gasteiger partial charge in [0.1, 0.15) is 24.4 Å². The Balaban J connectivity index is 2.52. The minimum Gasteiger partial charge on any atom is -0.387 e. The lowest BCUT2D eigenvalue weighted by Crippen LogP contribution is -2.57. The maximum absolute atomic E-state index is 9.73. The van der Waals surface area contributed by atoms with Crippen LogP contribution in [0, 0.1) is 12.3 Å². The van der Waals surface area contributed by atoms with Gasteiger partial charge < -0.3 is 24.8 Å². The van der Waals surface area contributed by atoms with Crippen molar-refractivity contribution in [3.8, 4) is 12.3 Å². The van der Waals surface area contributed by atoms with E-state index in [1.807, 2.05) is 0 Å². The maximum Gasteiger partial charge on any atom is 0.187 e. The molecule has 18 heavy (non-hydrogen) atoms. The SMILES string of the molecule is C#C[C@H]1O[C@@H](OCC[Si](C)(C)C)[C@@H](O)[C@@H](O)[C@@H]1O. The number of ether oxygens (including phenoxy) is 2. The van der Waals surface area contributed by atoms with E-state index < -0.39 is 38.8 Å². The van der Waals surface area contributed by atoms with E-state index in [9.17, 15) is 15.3 Å². The highest BCUT2D eigenvalue weighted by Crippen LogP contribution is 2.22. The Morgan fingerprint density at radius 2 is 1.78 bits per heavy atom. The van der Waals surface area contributed by atoms with Crippen LogP contribution in [0.5, 0.6) is 0 Å². The smallest absolute Gasteiger partial charge is 0.187 e. The van der Waals surface area contributed by atoms with Crippen molar-refractivity contribution >= 4 is 8.07 Å². The van der Waals surface area contributed by atoms with Crippen LogP contribution in [0.25, 0.3) is 0 Å². The van der Waals surface area contributed by atoms with E-state index in [1.54, 1.807) is 0 Å². The van der Waals surface area contributed by atoms with Crippen LogP contribution in [-0.4, -0.2) is 60.7 Å². The van der Waals surface area contributed by atoms with E-state index in [0.717, 1.165) is 6.04 Å². The molecule has 1 fully saturated rings. The van der Waals surface area contributed by atoms with Gasteiger partial charge in [-0.25, -0.2) is 0 Å². The molecule has 0 bridgehead atoms. The van der Waals surface area contributed by atoms with Crippen LogP contribution >= 0.6 is 0 Å². The topological polar surface area (TPSA) is 79.2 Å². The zero-order valence-corrected chi connectivity index (χ0v) is 12.0. The molecule has 5 nitrogen and oxygen atoms in total. The van der Waals surface area contributed by atoms with Gasteiger partial charge in [0.15, 0.2) is 6.29 Å². The van der Waals surface area contributed by atoms with Crippen LogP contribution < -0.4 is 0 Å². The maximum atomic E-state index is 9.73. The predicted molar refractivity (Wildman–Crippen MR) is 69.6 cm³/mol. The van der Waals surface area contributed by atoms with E-state index in [0.29, 0.717) is 6.61 Å². The first-order valence-electron chi connectivity index (χ1n) is 6.03. The molecule has 104 valence electrons. The van der Waals surface area contributed by atoms with Crippen LogP contribution in [0.4, 0.5) is 0 Å². The number of aliphatic hydroxyl groups excluding tert-OH is 3. The Hall–Kier alpha value is -0.423.